The molecule has 3 aromatic rings. The number of anilines is 1. The van der Waals surface area contributed by atoms with Crippen LogP contribution in [0.25, 0.3) is 10.9 Å². The van der Waals surface area contributed by atoms with Crippen LogP contribution in [0.3, 0.4) is 0 Å². The number of hydrogen-bond donors (Lipinski definition) is 2. The number of aromatic amines is 1. The Kier molecular flexibility index (Phi) is 4.47. The van der Waals surface area contributed by atoms with Crippen molar-refractivity contribution in [2.75, 3.05) is 5.32 Å². The van der Waals surface area contributed by atoms with Gasteiger partial charge in [-0.05, 0) is 54.7 Å². The van der Waals surface area contributed by atoms with Crippen LogP contribution in [0.2, 0.25) is 0 Å². The van der Waals surface area contributed by atoms with Crippen LogP contribution in [-0.2, 0) is 6.42 Å². The average Bonchev–Trinajstić information content (AvgIpc) is 2.97. The molecule has 3 heteroatoms. The first kappa shape index (κ1) is 15.3. The largest absolute Gasteiger partial charge is 0.351 e. The Balaban J connectivity index is 1.78. The van der Waals surface area contributed by atoms with Crippen molar-refractivity contribution >= 4 is 22.5 Å². The summed E-state index contributed by atoms with van der Waals surface area (Å²) in [5.74, 6) is 0.584. The third-order valence-corrected chi connectivity index (χ3v) is 3.97. The minimum atomic E-state index is -0.115. The van der Waals surface area contributed by atoms with Gasteiger partial charge in [-0.2, -0.15) is 0 Å². The molecule has 2 aromatic carbocycles. The van der Waals surface area contributed by atoms with E-state index >= 15 is 0 Å². The summed E-state index contributed by atoms with van der Waals surface area (Å²) in [5.41, 5.74) is 3.70. The molecule has 0 atom stereocenters. The molecule has 23 heavy (non-hydrogen) atoms. The second kappa shape index (κ2) is 6.69. The van der Waals surface area contributed by atoms with Crippen molar-refractivity contribution in [3.8, 4) is 0 Å². The molecule has 0 aliphatic heterocycles. The van der Waals surface area contributed by atoms with Crippen molar-refractivity contribution in [2.24, 2.45) is 5.92 Å². The Morgan fingerprint density at radius 2 is 1.87 bits per heavy atom. The summed E-state index contributed by atoms with van der Waals surface area (Å²) in [6, 6.07) is 17.8. The highest BCUT2D eigenvalue weighted by Crippen LogP contribution is 2.20. The summed E-state index contributed by atoms with van der Waals surface area (Å²) in [6.45, 7) is 4.47. The summed E-state index contributed by atoms with van der Waals surface area (Å²) in [7, 11) is 0. The lowest BCUT2D eigenvalue weighted by Crippen LogP contribution is -2.11. The molecule has 1 amide bonds. The van der Waals surface area contributed by atoms with Crippen LogP contribution in [0.4, 0.5) is 5.69 Å². The average molecular weight is 306 g/mol. The molecule has 0 saturated heterocycles. The molecule has 0 saturated carbocycles. The van der Waals surface area contributed by atoms with E-state index in [-0.39, 0.29) is 5.91 Å². The normalized spacial score (nSPS) is 11.1. The molecule has 0 bridgehead atoms. The Labute approximate surface area is 136 Å². The van der Waals surface area contributed by atoms with Crippen molar-refractivity contribution in [3.63, 3.8) is 0 Å². The molecule has 0 spiro atoms. The van der Waals surface area contributed by atoms with Gasteiger partial charge in [-0.25, -0.2) is 0 Å². The maximum absolute atomic E-state index is 12.3. The Morgan fingerprint density at radius 3 is 2.61 bits per heavy atom. The summed E-state index contributed by atoms with van der Waals surface area (Å²) in [5, 5.41) is 3.99. The lowest BCUT2D eigenvalue weighted by atomic mass is 10.0. The number of nitrogens with one attached hydrogen (secondary N) is 2. The second-order valence-electron chi connectivity index (χ2n) is 6.36. The van der Waals surface area contributed by atoms with E-state index in [0.717, 1.165) is 23.0 Å². The molecule has 1 heterocycles. The summed E-state index contributed by atoms with van der Waals surface area (Å²) in [4.78, 5) is 15.5. The predicted octanol–water partition coefficient (Wildman–Crippen LogP) is 5.01. The number of carbonyl (C=O) groups is 1. The number of aromatic nitrogens is 1. The Bertz CT molecular complexity index is 803. The third-order valence-electron chi connectivity index (χ3n) is 3.97. The SMILES string of the molecule is CC(C)CCc1ccc2[nH]c(C(=O)Nc3ccccc3)cc2c1. The first-order chi connectivity index (χ1) is 11.1. The molecule has 118 valence electrons. The number of H-pyrrole nitrogens is 1. The molecular weight excluding hydrogens is 284 g/mol. The van der Waals surface area contributed by atoms with Crippen LogP contribution >= 0.6 is 0 Å². The maximum Gasteiger partial charge on any atom is 0.272 e. The number of benzene rings is 2. The van der Waals surface area contributed by atoms with E-state index in [2.05, 4.69) is 42.3 Å². The van der Waals surface area contributed by atoms with E-state index in [1.165, 1.54) is 12.0 Å². The fourth-order valence-electron chi connectivity index (χ4n) is 2.64. The molecule has 1 aromatic heterocycles. The molecule has 0 fully saturated rings. The standard InChI is InChI=1S/C20H22N2O/c1-14(2)8-9-15-10-11-18-16(12-15)13-19(22-18)20(23)21-17-6-4-3-5-7-17/h3-7,10-14,22H,8-9H2,1-2H3,(H,21,23). The van der Waals surface area contributed by atoms with Crippen LogP contribution in [-0.4, -0.2) is 10.9 Å². The van der Waals surface area contributed by atoms with E-state index in [1.54, 1.807) is 0 Å². The molecule has 3 nitrogen and oxygen atoms in total. The molecule has 0 aliphatic carbocycles. The van der Waals surface area contributed by atoms with Crippen LogP contribution in [0.1, 0.15) is 36.3 Å². The number of carbonyl (C=O) groups excluding carboxylic acids is 1. The van der Waals surface area contributed by atoms with Gasteiger partial charge in [0.25, 0.3) is 5.91 Å². The zero-order chi connectivity index (χ0) is 16.2. The monoisotopic (exact) mass is 306 g/mol. The smallest absolute Gasteiger partial charge is 0.272 e. The highest BCUT2D eigenvalue weighted by molar-refractivity contribution is 6.05. The van der Waals surface area contributed by atoms with Crippen LogP contribution in [0.15, 0.2) is 54.6 Å². The van der Waals surface area contributed by atoms with E-state index in [9.17, 15) is 4.79 Å². The molecule has 0 aliphatic rings. The number of amides is 1. The van der Waals surface area contributed by atoms with Gasteiger partial charge in [0.15, 0.2) is 0 Å². The van der Waals surface area contributed by atoms with Crippen molar-refractivity contribution < 1.29 is 4.79 Å². The number of fused-ring (bicyclic) bond motifs is 1. The third kappa shape index (κ3) is 3.81. The minimum absolute atomic E-state index is 0.115. The predicted molar refractivity (Wildman–Crippen MR) is 95.9 cm³/mol. The van der Waals surface area contributed by atoms with Crippen molar-refractivity contribution in [2.45, 2.75) is 26.7 Å². The maximum atomic E-state index is 12.3. The van der Waals surface area contributed by atoms with E-state index in [0.29, 0.717) is 11.6 Å². The number of rotatable bonds is 5. The van der Waals surface area contributed by atoms with Gasteiger partial charge in [0.1, 0.15) is 5.69 Å². The quantitative estimate of drug-likeness (QED) is 0.684. The fourth-order valence-corrected chi connectivity index (χ4v) is 2.64. The van der Waals surface area contributed by atoms with Gasteiger partial charge in [0.2, 0.25) is 0 Å². The summed E-state index contributed by atoms with van der Waals surface area (Å²) >= 11 is 0. The number of hydrogen-bond acceptors (Lipinski definition) is 1. The van der Waals surface area contributed by atoms with Crippen LogP contribution < -0.4 is 5.32 Å². The van der Waals surface area contributed by atoms with Crippen LogP contribution in [0, 0.1) is 5.92 Å². The first-order valence-corrected chi connectivity index (χ1v) is 8.10. The van der Waals surface area contributed by atoms with Crippen molar-refractivity contribution in [1.82, 2.24) is 4.98 Å². The van der Waals surface area contributed by atoms with Gasteiger partial charge >= 0.3 is 0 Å². The van der Waals surface area contributed by atoms with Gasteiger partial charge in [0.05, 0.1) is 0 Å². The topological polar surface area (TPSA) is 44.9 Å². The van der Waals surface area contributed by atoms with E-state index in [4.69, 9.17) is 0 Å². The van der Waals surface area contributed by atoms with Crippen molar-refractivity contribution in [3.05, 3.63) is 65.9 Å². The lowest BCUT2D eigenvalue weighted by Gasteiger charge is -2.04. The van der Waals surface area contributed by atoms with E-state index in [1.807, 2.05) is 36.4 Å². The van der Waals surface area contributed by atoms with Gasteiger partial charge < -0.3 is 10.3 Å². The molecular formula is C20H22N2O. The number of aryl methyl sites for hydroxylation is 1. The second-order valence-corrected chi connectivity index (χ2v) is 6.36. The van der Waals surface area contributed by atoms with Gasteiger partial charge in [-0.1, -0.05) is 38.1 Å². The zero-order valence-electron chi connectivity index (χ0n) is 13.6. The lowest BCUT2D eigenvalue weighted by molar-refractivity contribution is 0.102. The molecule has 3 rings (SSSR count). The molecule has 0 unspecified atom stereocenters. The van der Waals surface area contributed by atoms with Gasteiger partial charge in [0, 0.05) is 16.6 Å². The fraction of sp³-hybridized carbons (Fsp3) is 0.250. The molecule has 2 N–H and O–H groups in total. The highest BCUT2D eigenvalue weighted by Gasteiger charge is 2.10. The van der Waals surface area contributed by atoms with Crippen LogP contribution in [0.5, 0.6) is 0 Å². The molecule has 0 radical (unpaired) electrons. The summed E-state index contributed by atoms with van der Waals surface area (Å²) < 4.78 is 0. The van der Waals surface area contributed by atoms with Gasteiger partial charge in [-0.15, -0.1) is 0 Å². The van der Waals surface area contributed by atoms with Gasteiger partial charge in [-0.3, -0.25) is 4.79 Å². The summed E-state index contributed by atoms with van der Waals surface area (Å²) in [6.07, 6.45) is 2.25. The number of para-hydroxylation sites is 1. The van der Waals surface area contributed by atoms with E-state index < -0.39 is 0 Å². The first-order valence-electron chi connectivity index (χ1n) is 8.10. The highest BCUT2D eigenvalue weighted by atomic mass is 16.1. The Morgan fingerprint density at radius 1 is 1.09 bits per heavy atom. The zero-order valence-corrected chi connectivity index (χ0v) is 13.6. The Hall–Kier alpha value is -2.55. The minimum Gasteiger partial charge on any atom is -0.351 e. The van der Waals surface area contributed by atoms with Crippen molar-refractivity contribution in [1.29, 1.82) is 0 Å².